The van der Waals surface area contributed by atoms with Gasteiger partial charge in [-0.1, -0.05) is 69.7 Å². The van der Waals surface area contributed by atoms with Gasteiger partial charge < -0.3 is 0 Å². The molecule has 0 atom stereocenters. The molecule has 1 nitrogen and oxygen atoms in total. The predicted octanol–water partition coefficient (Wildman–Crippen LogP) is 5.57. The van der Waals surface area contributed by atoms with E-state index in [9.17, 15) is 4.79 Å². The standard InChI is InChI=1S/C19H28O/c1-2-3-4-7-17-10-13-18(14-11-17)19(20)15-12-16-8-5-6-9-16/h10-11,13-14,16H,2-9,12,15H2,1H3. The van der Waals surface area contributed by atoms with Gasteiger partial charge in [0.2, 0.25) is 0 Å². The fourth-order valence-electron chi connectivity index (χ4n) is 3.22. The smallest absolute Gasteiger partial charge is 0.162 e. The van der Waals surface area contributed by atoms with Crippen molar-refractivity contribution in [3.63, 3.8) is 0 Å². The SMILES string of the molecule is CCCCCc1ccc(C(=O)CCC2CCCC2)cc1. The van der Waals surface area contributed by atoms with Crippen molar-refractivity contribution in [1.29, 1.82) is 0 Å². The van der Waals surface area contributed by atoms with E-state index in [1.165, 1.54) is 50.5 Å². The first-order chi connectivity index (χ1) is 9.79. The summed E-state index contributed by atoms with van der Waals surface area (Å²) in [4.78, 5) is 12.2. The molecule has 0 spiro atoms. The van der Waals surface area contributed by atoms with Crippen LogP contribution in [0.25, 0.3) is 0 Å². The van der Waals surface area contributed by atoms with Gasteiger partial charge in [-0.05, 0) is 30.7 Å². The van der Waals surface area contributed by atoms with Gasteiger partial charge in [-0.25, -0.2) is 0 Å². The van der Waals surface area contributed by atoms with Crippen molar-refractivity contribution >= 4 is 5.78 Å². The van der Waals surface area contributed by atoms with Crippen molar-refractivity contribution in [3.8, 4) is 0 Å². The molecule has 0 saturated heterocycles. The number of benzene rings is 1. The highest BCUT2D eigenvalue weighted by Crippen LogP contribution is 2.29. The average molecular weight is 272 g/mol. The fraction of sp³-hybridized carbons (Fsp3) is 0.632. The molecule has 1 aliphatic carbocycles. The molecule has 110 valence electrons. The summed E-state index contributed by atoms with van der Waals surface area (Å²) < 4.78 is 0. The first kappa shape index (κ1) is 15.3. The lowest BCUT2D eigenvalue weighted by atomic mass is 9.96. The Hall–Kier alpha value is -1.11. The highest BCUT2D eigenvalue weighted by Gasteiger charge is 2.16. The zero-order valence-electron chi connectivity index (χ0n) is 12.9. The van der Waals surface area contributed by atoms with Crippen LogP contribution in [0, 0.1) is 5.92 Å². The van der Waals surface area contributed by atoms with E-state index < -0.39 is 0 Å². The van der Waals surface area contributed by atoms with Gasteiger partial charge in [0, 0.05) is 12.0 Å². The van der Waals surface area contributed by atoms with E-state index in [-0.39, 0.29) is 0 Å². The molecule has 1 aromatic rings. The summed E-state index contributed by atoms with van der Waals surface area (Å²) in [6.45, 7) is 2.23. The first-order valence-corrected chi connectivity index (χ1v) is 8.41. The monoisotopic (exact) mass is 272 g/mol. The normalized spacial score (nSPS) is 15.7. The fourth-order valence-corrected chi connectivity index (χ4v) is 3.22. The van der Waals surface area contributed by atoms with E-state index in [1.54, 1.807) is 0 Å². The molecule has 0 radical (unpaired) electrons. The molecule has 1 fully saturated rings. The number of Topliss-reactive ketones (excluding diaryl/α,β-unsaturated/α-hetero) is 1. The van der Waals surface area contributed by atoms with Crippen molar-refractivity contribution in [2.45, 2.75) is 71.1 Å². The molecule has 0 heterocycles. The van der Waals surface area contributed by atoms with Crippen LogP contribution in [0.15, 0.2) is 24.3 Å². The minimum absolute atomic E-state index is 0.331. The van der Waals surface area contributed by atoms with E-state index in [0.29, 0.717) is 5.78 Å². The highest BCUT2D eigenvalue weighted by atomic mass is 16.1. The molecule has 1 saturated carbocycles. The lowest BCUT2D eigenvalue weighted by molar-refractivity contribution is 0.0974. The van der Waals surface area contributed by atoms with Crippen molar-refractivity contribution in [2.24, 2.45) is 5.92 Å². The molecule has 0 bridgehead atoms. The molecular formula is C19H28O. The number of unbranched alkanes of at least 4 members (excludes halogenated alkanes) is 2. The molecule has 0 aliphatic heterocycles. The Morgan fingerprint density at radius 2 is 1.80 bits per heavy atom. The van der Waals surface area contributed by atoms with Gasteiger partial charge >= 0.3 is 0 Å². The molecule has 0 unspecified atom stereocenters. The Kier molecular flexibility index (Phi) is 6.29. The van der Waals surface area contributed by atoms with E-state index in [0.717, 1.165) is 30.7 Å². The zero-order chi connectivity index (χ0) is 14.2. The second-order valence-corrected chi connectivity index (χ2v) is 6.27. The van der Waals surface area contributed by atoms with Crippen molar-refractivity contribution < 1.29 is 4.79 Å². The Bertz CT molecular complexity index is 398. The quantitative estimate of drug-likeness (QED) is 0.446. The number of hydrogen-bond donors (Lipinski definition) is 0. The Morgan fingerprint density at radius 3 is 2.45 bits per heavy atom. The molecule has 0 N–H and O–H groups in total. The summed E-state index contributed by atoms with van der Waals surface area (Å²) >= 11 is 0. The molecule has 1 heteroatoms. The lowest BCUT2D eigenvalue weighted by Gasteiger charge is -2.08. The van der Waals surface area contributed by atoms with E-state index in [2.05, 4.69) is 19.1 Å². The largest absolute Gasteiger partial charge is 0.294 e. The average Bonchev–Trinajstić information content (AvgIpc) is 2.99. The van der Waals surface area contributed by atoms with Gasteiger partial charge in [-0.2, -0.15) is 0 Å². The van der Waals surface area contributed by atoms with Crippen LogP contribution in [0.4, 0.5) is 0 Å². The summed E-state index contributed by atoms with van der Waals surface area (Å²) in [6, 6.07) is 8.33. The summed E-state index contributed by atoms with van der Waals surface area (Å²) in [5.41, 5.74) is 2.27. The maximum Gasteiger partial charge on any atom is 0.162 e. The van der Waals surface area contributed by atoms with Gasteiger partial charge in [0.1, 0.15) is 0 Å². The van der Waals surface area contributed by atoms with Crippen LogP contribution in [0.2, 0.25) is 0 Å². The van der Waals surface area contributed by atoms with Gasteiger partial charge in [0.05, 0.1) is 0 Å². The summed E-state index contributed by atoms with van der Waals surface area (Å²) in [5.74, 6) is 1.14. The van der Waals surface area contributed by atoms with Crippen molar-refractivity contribution in [3.05, 3.63) is 35.4 Å². The predicted molar refractivity (Wildman–Crippen MR) is 85.2 cm³/mol. The van der Waals surface area contributed by atoms with Gasteiger partial charge in [0.15, 0.2) is 5.78 Å². The number of hydrogen-bond acceptors (Lipinski definition) is 1. The van der Waals surface area contributed by atoms with Crippen LogP contribution < -0.4 is 0 Å². The van der Waals surface area contributed by atoms with Crippen LogP contribution in [0.3, 0.4) is 0 Å². The lowest BCUT2D eigenvalue weighted by Crippen LogP contribution is -2.03. The first-order valence-electron chi connectivity index (χ1n) is 8.41. The summed E-state index contributed by atoms with van der Waals surface area (Å²) in [5, 5.41) is 0. The van der Waals surface area contributed by atoms with Crippen LogP contribution >= 0.6 is 0 Å². The molecule has 0 amide bonds. The Balaban J connectivity index is 1.77. The minimum atomic E-state index is 0.331. The van der Waals surface area contributed by atoms with Crippen molar-refractivity contribution in [2.75, 3.05) is 0 Å². The van der Waals surface area contributed by atoms with Gasteiger partial charge in [-0.3, -0.25) is 4.79 Å². The molecule has 0 aromatic heterocycles. The van der Waals surface area contributed by atoms with Crippen LogP contribution in [-0.4, -0.2) is 5.78 Å². The summed E-state index contributed by atoms with van der Waals surface area (Å²) in [7, 11) is 0. The number of rotatable bonds is 8. The Morgan fingerprint density at radius 1 is 1.10 bits per heavy atom. The van der Waals surface area contributed by atoms with Crippen LogP contribution in [0.1, 0.15) is 80.6 Å². The number of ketones is 1. The molecule has 2 rings (SSSR count). The molecule has 1 aliphatic rings. The van der Waals surface area contributed by atoms with E-state index in [1.807, 2.05) is 12.1 Å². The number of carbonyl (C=O) groups excluding carboxylic acids is 1. The van der Waals surface area contributed by atoms with Gasteiger partial charge in [0.25, 0.3) is 0 Å². The second kappa shape index (κ2) is 8.24. The molecule has 20 heavy (non-hydrogen) atoms. The maximum absolute atomic E-state index is 12.2. The van der Waals surface area contributed by atoms with E-state index >= 15 is 0 Å². The topological polar surface area (TPSA) is 17.1 Å². The highest BCUT2D eigenvalue weighted by molar-refractivity contribution is 5.96. The van der Waals surface area contributed by atoms with Crippen LogP contribution in [-0.2, 0) is 6.42 Å². The van der Waals surface area contributed by atoms with E-state index in [4.69, 9.17) is 0 Å². The van der Waals surface area contributed by atoms with Crippen molar-refractivity contribution in [1.82, 2.24) is 0 Å². The third kappa shape index (κ3) is 4.77. The third-order valence-corrected chi connectivity index (χ3v) is 4.60. The second-order valence-electron chi connectivity index (χ2n) is 6.27. The maximum atomic E-state index is 12.2. The molecular weight excluding hydrogens is 244 g/mol. The summed E-state index contributed by atoms with van der Waals surface area (Å²) in [6.07, 6.45) is 12.2. The third-order valence-electron chi connectivity index (χ3n) is 4.60. The Labute approximate surface area is 123 Å². The van der Waals surface area contributed by atoms with Crippen LogP contribution in [0.5, 0.6) is 0 Å². The molecule has 1 aromatic carbocycles. The zero-order valence-corrected chi connectivity index (χ0v) is 12.9. The number of carbonyl (C=O) groups is 1. The van der Waals surface area contributed by atoms with Gasteiger partial charge in [-0.15, -0.1) is 0 Å². The minimum Gasteiger partial charge on any atom is -0.294 e. The number of aryl methyl sites for hydroxylation is 1.